The minimum Gasteiger partial charge on any atom is -0.494 e. The largest absolute Gasteiger partial charge is 0.494 e. The lowest BCUT2D eigenvalue weighted by Crippen LogP contribution is -2.26. The van der Waals surface area contributed by atoms with Gasteiger partial charge in [-0.05, 0) is 49.0 Å². The molecule has 1 saturated carbocycles. The van der Waals surface area contributed by atoms with Gasteiger partial charge in [0.15, 0.2) is 0 Å². The second-order valence-electron chi connectivity index (χ2n) is 6.02. The van der Waals surface area contributed by atoms with E-state index in [0.717, 1.165) is 30.6 Å². The van der Waals surface area contributed by atoms with Gasteiger partial charge in [0.2, 0.25) is 0 Å². The van der Waals surface area contributed by atoms with Crippen LogP contribution in [0.5, 0.6) is 5.75 Å². The number of hydrogen-bond donors (Lipinski definition) is 1. The second-order valence-corrected chi connectivity index (χ2v) is 6.02. The van der Waals surface area contributed by atoms with Gasteiger partial charge in [-0.1, -0.05) is 26.0 Å². The predicted octanol–water partition coefficient (Wildman–Crippen LogP) is 3.30. The van der Waals surface area contributed by atoms with Gasteiger partial charge in [0.1, 0.15) is 17.4 Å². The number of amides is 1. The molecule has 1 aromatic rings. The molecule has 1 aromatic carbocycles. The molecule has 2 rings (SSSR count). The molecule has 0 radical (unpaired) electrons. The van der Waals surface area contributed by atoms with Crippen LogP contribution in [0.3, 0.4) is 0 Å². The Morgan fingerprint density at radius 2 is 2.09 bits per heavy atom. The molecule has 1 aliphatic rings. The normalized spacial score (nSPS) is 14.5. The van der Waals surface area contributed by atoms with Crippen LogP contribution in [0.25, 0.3) is 6.08 Å². The fourth-order valence-corrected chi connectivity index (χ4v) is 1.88. The average Bonchev–Trinajstić information content (AvgIpc) is 3.29. The van der Waals surface area contributed by atoms with Crippen molar-refractivity contribution in [3.63, 3.8) is 0 Å². The minimum atomic E-state index is -0.290. The van der Waals surface area contributed by atoms with Crippen molar-refractivity contribution in [3.8, 4) is 11.8 Å². The van der Waals surface area contributed by atoms with Gasteiger partial charge >= 0.3 is 0 Å². The predicted molar refractivity (Wildman–Crippen MR) is 86.1 cm³/mol. The van der Waals surface area contributed by atoms with E-state index >= 15 is 0 Å². The highest BCUT2D eigenvalue weighted by Crippen LogP contribution is 2.20. The molecule has 1 amide bonds. The summed E-state index contributed by atoms with van der Waals surface area (Å²) in [5.74, 6) is 1.13. The van der Waals surface area contributed by atoms with E-state index in [1.54, 1.807) is 6.08 Å². The summed E-state index contributed by atoms with van der Waals surface area (Å²) in [5.41, 5.74) is 0.957. The summed E-state index contributed by atoms with van der Waals surface area (Å²) in [4.78, 5) is 11.9. The lowest BCUT2D eigenvalue weighted by molar-refractivity contribution is -0.117. The molecular weight excluding hydrogens is 276 g/mol. The lowest BCUT2D eigenvalue weighted by Gasteiger charge is -2.08. The molecule has 1 N–H and O–H groups in total. The molecular formula is C18H22N2O2. The number of ether oxygens (including phenoxy) is 1. The Kier molecular flexibility index (Phi) is 5.60. The van der Waals surface area contributed by atoms with Crippen molar-refractivity contribution >= 4 is 12.0 Å². The highest BCUT2D eigenvalue weighted by atomic mass is 16.5. The van der Waals surface area contributed by atoms with Crippen molar-refractivity contribution in [2.45, 2.75) is 39.2 Å². The molecule has 1 fully saturated rings. The summed E-state index contributed by atoms with van der Waals surface area (Å²) in [7, 11) is 0. The minimum absolute atomic E-state index is 0.139. The van der Waals surface area contributed by atoms with E-state index < -0.39 is 0 Å². The van der Waals surface area contributed by atoms with Crippen LogP contribution < -0.4 is 10.1 Å². The first kappa shape index (κ1) is 16.1. The summed E-state index contributed by atoms with van der Waals surface area (Å²) in [5, 5.41) is 11.9. The van der Waals surface area contributed by atoms with E-state index in [-0.39, 0.29) is 17.5 Å². The molecule has 0 bridgehead atoms. The smallest absolute Gasteiger partial charge is 0.262 e. The number of nitrogens with zero attached hydrogens (tertiary/aromatic N) is 1. The van der Waals surface area contributed by atoms with Crippen LogP contribution in [0.1, 0.15) is 38.7 Å². The summed E-state index contributed by atoms with van der Waals surface area (Å²) in [6, 6.07) is 9.64. The fourth-order valence-electron chi connectivity index (χ4n) is 1.88. The lowest BCUT2D eigenvalue weighted by atomic mass is 10.1. The van der Waals surface area contributed by atoms with Crippen molar-refractivity contribution < 1.29 is 9.53 Å². The molecule has 1 aliphatic carbocycles. The zero-order valence-electron chi connectivity index (χ0n) is 13.1. The highest BCUT2D eigenvalue weighted by Gasteiger charge is 2.24. The first-order chi connectivity index (χ1) is 10.6. The Balaban J connectivity index is 1.94. The number of hydrogen-bond acceptors (Lipinski definition) is 3. The molecule has 0 aliphatic heterocycles. The van der Waals surface area contributed by atoms with Crippen LogP contribution in [0.4, 0.5) is 0 Å². The summed E-state index contributed by atoms with van der Waals surface area (Å²) >= 11 is 0. The van der Waals surface area contributed by atoms with Gasteiger partial charge in [0.25, 0.3) is 5.91 Å². The van der Waals surface area contributed by atoms with Crippen LogP contribution in [-0.2, 0) is 4.79 Å². The maximum Gasteiger partial charge on any atom is 0.262 e. The molecule has 116 valence electrons. The molecule has 4 heteroatoms. The molecule has 0 atom stereocenters. The standard InChI is InChI=1S/C18H22N2O2/c1-13(2)9-10-22-17-7-3-14(4-8-17)11-15(12-19)18(21)20-16-5-6-16/h3-4,7-8,11,13,16H,5-6,9-10H2,1-2H3,(H,20,21). The maximum atomic E-state index is 11.9. The van der Waals surface area contributed by atoms with Gasteiger partial charge < -0.3 is 10.1 Å². The average molecular weight is 298 g/mol. The van der Waals surface area contributed by atoms with Crippen LogP contribution in [0, 0.1) is 17.2 Å². The first-order valence-electron chi connectivity index (χ1n) is 7.74. The highest BCUT2D eigenvalue weighted by molar-refractivity contribution is 6.01. The fraction of sp³-hybridized carbons (Fsp3) is 0.444. The SMILES string of the molecule is CC(C)CCOc1ccc(C=C(C#N)C(=O)NC2CC2)cc1. The van der Waals surface area contributed by atoms with Crippen molar-refractivity contribution in [1.82, 2.24) is 5.32 Å². The Labute approximate surface area is 131 Å². The second kappa shape index (κ2) is 7.65. The molecule has 0 heterocycles. The first-order valence-corrected chi connectivity index (χ1v) is 7.74. The van der Waals surface area contributed by atoms with E-state index in [2.05, 4.69) is 19.2 Å². The number of rotatable bonds is 7. The quantitative estimate of drug-likeness (QED) is 0.620. The topological polar surface area (TPSA) is 62.1 Å². The summed E-state index contributed by atoms with van der Waals surface area (Å²) < 4.78 is 5.65. The van der Waals surface area contributed by atoms with E-state index in [9.17, 15) is 4.79 Å². The number of nitrogens with one attached hydrogen (secondary N) is 1. The van der Waals surface area contributed by atoms with Gasteiger partial charge in [0.05, 0.1) is 6.61 Å². The molecule has 0 saturated heterocycles. The zero-order valence-corrected chi connectivity index (χ0v) is 13.1. The van der Waals surface area contributed by atoms with Crippen molar-refractivity contribution in [3.05, 3.63) is 35.4 Å². The maximum absolute atomic E-state index is 11.9. The number of nitriles is 1. The van der Waals surface area contributed by atoms with Crippen LogP contribution >= 0.6 is 0 Å². The van der Waals surface area contributed by atoms with Crippen LogP contribution in [0.15, 0.2) is 29.8 Å². The van der Waals surface area contributed by atoms with Gasteiger partial charge in [-0.2, -0.15) is 5.26 Å². The monoisotopic (exact) mass is 298 g/mol. The Morgan fingerprint density at radius 1 is 1.41 bits per heavy atom. The van der Waals surface area contributed by atoms with E-state index in [1.165, 1.54) is 0 Å². The van der Waals surface area contributed by atoms with Gasteiger partial charge in [-0.15, -0.1) is 0 Å². The summed E-state index contributed by atoms with van der Waals surface area (Å²) in [6.45, 7) is 5.01. The molecule has 0 aromatic heterocycles. The van der Waals surface area contributed by atoms with Crippen LogP contribution in [-0.4, -0.2) is 18.6 Å². The van der Waals surface area contributed by atoms with Crippen molar-refractivity contribution in [2.24, 2.45) is 5.92 Å². The van der Waals surface area contributed by atoms with E-state index in [0.29, 0.717) is 12.5 Å². The third-order valence-electron chi connectivity index (χ3n) is 3.43. The van der Waals surface area contributed by atoms with E-state index in [4.69, 9.17) is 10.00 Å². The van der Waals surface area contributed by atoms with Gasteiger partial charge in [-0.25, -0.2) is 0 Å². The molecule has 0 unspecified atom stereocenters. The zero-order chi connectivity index (χ0) is 15.9. The van der Waals surface area contributed by atoms with Gasteiger partial charge in [-0.3, -0.25) is 4.79 Å². The third-order valence-corrected chi connectivity index (χ3v) is 3.43. The van der Waals surface area contributed by atoms with Crippen LogP contribution in [0.2, 0.25) is 0 Å². The number of carbonyl (C=O) groups excluding carboxylic acids is 1. The number of benzene rings is 1. The molecule has 4 nitrogen and oxygen atoms in total. The van der Waals surface area contributed by atoms with Crippen molar-refractivity contribution in [1.29, 1.82) is 5.26 Å². The molecule has 0 spiro atoms. The van der Waals surface area contributed by atoms with Gasteiger partial charge in [0, 0.05) is 6.04 Å². The number of carbonyl (C=O) groups is 1. The van der Waals surface area contributed by atoms with E-state index in [1.807, 2.05) is 30.3 Å². The Morgan fingerprint density at radius 3 is 2.64 bits per heavy atom. The summed E-state index contributed by atoms with van der Waals surface area (Å²) in [6.07, 6.45) is 4.64. The van der Waals surface area contributed by atoms with Crippen molar-refractivity contribution in [2.75, 3.05) is 6.61 Å². The Bertz CT molecular complexity index is 578. The third kappa shape index (κ3) is 5.25. The molecule has 22 heavy (non-hydrogen) atoms. The Hall–Kier alpha value is -2.28.